The van der Waals surface area contributed by atoms with Crippen LogP contribution in [0.5, 0.6) is 0 Å². The lowest BCUT2D eigenvalue weighted by Crippen LogP contribution is -2.46. The number of aliphatic hydroxyl groups excluding tert-OH is 2. The Bertz CT molecular complexity index is 600. The lowest BCUT2D eigenvalue weighted by molar-refractivity contribution is 0.0857. The van der Waals surface area contributed by atoms with E-state index in [0.717, 1.165) is 0 Å². The zero-order valence-electron chi connectivity index (χ0n) is 13.7. The summed E-state index contributed by atoms with van der Waals surface area (Å²) in [7, 11) is 0. The number of nitrogens with one attached hydrogen (secondary N) is 2. The van der Waals surface area contributed by atoms with Gasteiger partial charge >= 0.3 is 0 Å². The van der Waals surface area contributed by atoms with E-state index in [0.29, 0.717) is 15.6 Å². The third-order valence-corrected chi connectivity index (χ3v) is 3.83. The highest BCUT2D eigenvalue weighted by molar-refractivity contribution is 9.10. The van der Waals surface area contributed by atoms with Crippen LogP contribution in [-0.2, 0) is 0 Å². The fourth-order valence-electron chi connectivity index (χ4n) is 1.67. The van der Waals surface area contributed by atoms with E-state index in [9.17, 15) is 19.8 Å². The van der Waals surface area contributed by atoms with Gasteiger partial charge in [-0.1, -0.05) is 0 Å². The SMILES string of the molecule is CC(C)(CO)NC(=O)c1ccc(C(=O)NC(C)(C)CO)c(Br)c1. The minimum absolute atomic E-state index is 0.184. The van der Waals surface area contributed by atoms with Gasteiger partial charge in [0.1, 0.15) is 0 Å². The molecule has 23 heavy (non-hydrogen) atoms. The zero-order valence-corrected chi connectivity index (χ0v) is 15.3. The monoisotopic (exact) mass is 386 g/mol. The van der Waals surface area contributed by atoms with Crippen molar-refractivity contribution in [3.63, 3.8) is 0 Å². The molecule has 0 atom stereocenters. The Hall–Kier alpha value is -1.44. The number of carbonyl (C=O) groups excluding carboxylic acids is 2. The molecule has 0 aromatic heterocycles. The number of benzene rings is 1. The van der Waals surface area contributed by atoms with Gasteiger partial charge in [0.15, 0.2) is 0 Å². The predicted molar refractivity (Wildman–Crippen MR) is 91.4 cm³/mol. The first-order valence-corrected chi connectivity index (χ1v) is 7.97. The van der Waals surface area contributed by atoms with E-state index in [2.05, 4.69) is 26.6 Å². The molecule has 7 heteroatoms. The van der Waals surface area contributed by atoms with Crippen molar-refractivity contribution in [2.75, 3.05) is 13.2 Å². The van der Waals surface area contributed by atoms with Crippen molar-refractivity contribution >= 4 is 27.7 Å². The number of aliphatic hydroxyl groups is 2. The van der Waals surface area contributed by atoms with Gasteiger partial charge in [0.25, 0.3) is 11.8 Å². The lowest BCUT2D eigenvalue weighted by Gasteiger charge is -2.24. The summed E-state index contributed by atoms with van der Waals surface area (Å²) in [4.78, 5) is 24.4. The first kappa shape index (κ1) is 19.6. The van der Waals surface area contributed by atoms with Crippen LogP contribution < -0.4 is 10.6 Å². The molecule has 2 amide bonds. The van der Waals surface area contributed by atoms with Crippen LogP contribution in [0.25, 0.3) is 0 Å². The smallest absolute Gasteiger partial charge is 0.252 e. The van der Waals surface area contributed by atoms with Crippen LogP contribution in [0.15, 0.2) is 22.7 Å². The van der Waals surface area contributed by atoms with Gasteiger partial charge in [-0.15, -0.1) is 0 Å². The molecule has 0 saturated heterocycles. The summed E-state index contributed by atoms with van der Waals surface area (Å²) in [6.07, 6.45) is 0. The second-order valence-corrected chi connectivity index (χ2v) is 7.54. The molecule has 0 aliphatic rings. The predicted octanol–water partition coefficient (Wildman–Crippen LogP) is 1.45. The quantitative estimate of drug-likeness (QED) is 0.594. The van der Waals surface area contributed by atoms with Crippen LogP contribution in [0.1, 0.15) is 48.4 Å². The van der Waals surface area contributed by atoms with Crippen LogP contribution >= 0.6 is 15.9 Å². The maximum absolute atomic E-state index is 12.2. The third-order valence-electron chi connectivity index (χ3n) is 3.17. The molecule has 0 saturated carbocycles. The zero-order chi connectivity index (χ0) is 17.8. The van der Waals surface area contributed by atoms with E-state index in [1.54, 1.807) is 33.8 Å². The molecule has 0 aliphatic carbocycles. The molecule has 0 bridgehead atoms. The maximum Gasteiger partial charge on any atom is 0.252 e. The largest absolute Gasteiger partial charge is 0.394 e. The second kappa shape index (κ2) is 7.42. The van der Waals surface area contributed by atoms with Gasteiger partial charge < -0.3 is 20.8 Å². The summed E-state index contributed by atoms with van der Waals surface area (Å²) < 4.78 is 0.471. The highest BCUT2D eigenvalue weighted by Crippen LogP contribution is 2.20. The molecule has 0 aliphatic heterocycles. The standard InChI is InChI=1S/C16H23BrN2O4/c1-15(2,8-20)18-13(22)10-5-6-11(12(17)7-10)14(23)19-16(3,4)9-21/h5-7,20-21H,8-9H2,1-4H3,(H,18,22)(H,19,23). The fraction of sp³-hybridized carbons (Fsp3) is 0.500. The highest BCUT2D eigenvalue weighted by Gasteiger charge is 2.23. The molecule has 0 heterocycles. The van der Waals surface area contributed by atoms with Crippen molar-refractivity contribution in [3.05, 3.63) is 33.8 Å². The fourth-order valence-corrected chi connectivity index (χ4v) is 2.23. The Balaban J connectivity index is 2.94. The minimum atomic E-state index is -0.738. The maximum atomic E-state index is 12.2. The van der Waals surface area contributed by atoms with Crippen molar-refractivity contribution in [3.8, 4) is 0 Å². The van der Waals surface area contributed by atoms with E-state index in [-0.39, 0.29) is 25.0 Å². The molecule has 1 aromatic carbocycles. The summed E-state index contributed by atoms with van der Waals surface area (Å²) in [5, 5.41) is 23.8. The lowest BCUT2D eigenvalue weighted by atomic mass is 10.0. The van der Waals surface area contributed by atoms with Gasteiger partial charge in [0.2, 0.25) is 0 Å². The van der Waals surface area contributed by atoms with E-state index >= 15 is 0 Å². The summed E-state index contributed by atoms with van der Waals surface area (Å²) in [6, 6.07) is 4.62. The molecule has 0 spiro atoms. The Morgan fingerprint density at radius 3 is 1.91 bits per heavy atom. The van der Waals surface area contributed by atoms with Crippen molar-refractivity contribution < 1.29 is 19.8 Å². The van der Waals surface area contributed by atoms with E-state index in [1.807, 2.05) is 0 Å². The van der Waals surface area contributed by atoms with Crippen molar-refractivity contribution in [1.82, 2.24) is 10.6 Å². The summed E-state index contributed by atoms with van der Waals surface area (Å²) in [5.41, 5.74) is -0.733. The topological polar surface area (TPSA) is 98.7 Å². The molecule has 0 radical (unpaired) electrons. The number of rotatable bonds is 6. The number of amides is 2. The van der Waals surface area contributed by atoms with Gasteiger partial charge in [0.05, 0.1) is 29.9 Å². The molecule has 4 N–H and O–H groups in total. The highest BCUT2D eigenvalue weighted by atomic mass is 79.9. The van der Waals surface area contributed by atoms with Gasteiger partial charge in [-0.3, -0.25) is 9.59 Å². The first-order valence-electron chi connectivity index (χ1n) is 7.17. The molecule has 0 fully saturated rings. The van der Waals surface area contributed by atoms with Crippen molar-refractivity contribution in [1.29, 1.82) is 0 Å². The van der Waals surface area contributed by atoms with Crippen LogP contribution in [0.3, 0.4) is 0 Å². The summed E-state index contributed by atoms with van der Waals surface area (Å²) in [6.45, 7) is 6.45. The Kier molecular flexibility index (Phi) is 6.33. The molecule has 1 rings (SSSR count). The average Bonchev–Trinajstić information content (AvgIpc) is 2.46. The van der Waals surface area contributed by atoms with Crippen LogP contribution in [0, 0.1) is 0 Å². The summed E-state index contributed by atoms with van der Waals surface area (Å²) >= 11 is 3.29. The number of carbonyl (C=O) groups is 2. The Morgan fingerprint density at radius 2 is 1.48 bits per heavy atom. The molecule has 0 unspecified atom stereocenters. The van der Waals surface area contributed by atoms with Gasteiger partial charge in [-0.05, 0) is 61.8 Å². The summed E-state index contributed by atoms with van der Waals surface area (Å²) in [5.74, 6) is -0.689. The van der Waals surface area contributed by atoms with E-state index in [4.69, 9.17) is 0 Å². The number of halogens is 1. The van der Waals surface area contributed by atoms with E-state index in [1.165, 1.54) is 12.1 Å². The van der Waals surface area contributed by atoms with Crippen molar-refractivity contribution in [2.45, 2.75) is 38.8 Å². The number of hydrogen-bond donors (Lipinski definition) is 4. The van der Waals surface area contributed by atoms with Crippen LogP contribution in [0.4, 0.5) is 0 Å². The van der Waals surface area contributed by atoms with Crippen molar-refractivity contribution in [2.24, 2.45) is 0 Å². The van der Waals surface area contributed by atoms with E-state index < -0.39 is 11.1 Å². The molecule has 1 aromatic rings. The van der Waals surface area contributed by atoms with Gasteiger partial charge in [0, 0.05) is 10.0 Å². The molecular formula is C16H23BrN2O4. The van der Waals surface area contributed by atoms with Gasteiger partial charge in [-0.25, -0.2) is 0 Å². The second-order valence-electron chi connectivity index (χ2n) is 6.69. The normalized spacial score (nSPS) is 12.0. The Morgan fingerprint density at radius 1 is 1.00 bits per heavy atom. The third kappa shape index (κ3) is 5.60. The minimum Gasteiger partial charge on any atom is -0.394 e. The van der Waals surface area contributed by atoms with Gasteiger partial charge in [-0.2, -0.15) is 0 Å². The molecule has 128 valence electrons. The average molecular weight is 387 g/mol. The van der Waals surface area contributed by atoms with Crippen LogP contribution in [-0.4, -0.2) is 46.3 Å². The Labute approximate surface area is 144 Å². The molecular weight excluding hydrogens is 364 g/mol. The first-order chi connectivity index (χ1) is 10.5. The number of hydrogen-bond acceptors (Lipinski definition) is 4. The molecule has 6 nitrogen and oxygen atoms in total. The van der Waals surface area contributed by atoms with Crippen LogP contribution in [0.2, 0.25) is 0 Å².